The molecule has 1 aromatic carbocycles. The molecule has 7 nitrogen and oxygen atoms in total. The van der Waals surface area contributed by atoms with E-state index in [9.17, 15) is 9.18 Å². The van der Waals surface area contributed by atoms with Gasteiger partial charge in [0.1, 0.15) is 11.3 Å². The summed E-state index contributed by atoms with van der Waals surface area (Å²) in [5, 5.41) is 6.46. The van der Waals surface area contributed by atoms with Gasteiger partial charge in [0.2, 0.25) is 5.88 Å². The molecule has 4 heterocycles. The first-order chi connectivity index (χ1) is 17.1. The molecule has 4 aromatic rings. The number of hydrogen-bond donors (Lipinski definition) is 3. The third kappa shape index (κ3) is 3.43. The Labute approximate surface area is 201 Å². The highest BCUT2D eigenvalue weighted by atomic mass is 19.1. The summed E-state index contributed by atoms with van der Waals surface area (Å²) in [7, 11) is 0. The van der Waals surface area contributed by atoms with Crippen molar-refractivity contribution in [3.63, 3.8) is 0 Å². The Hall–Kier alpha value is -3.94. The lowest BCUT2D eigenvalue weighted by molar-refractivity contribution is 0.0944. The maximum absolute atomic E-state index is 14.3. The fourth-order valence-corrected chi connectivity index (χ4v) is 4.93. The molecule has 0 bridgehead atoms. The topological polar surface area (TPSA) is 91.9 Å². The van der Waals surface area contributed by atoms with Gasteiger partial charge in [0.15, 0.2) is 0 Å². The van der Waals surface area contributed by atoms with Gasteiger partial charge in [0.05, 0.1) is 29.1 Å². The van der Waals surface area contributed by atoms with Crippen molar-refractivity contribution in [1.82, 2.24) is 20.3 Å². The molecule has 0 saturated heterocycles. The number of aromatic amines is 1. The highest BCUT2D eigenvalue weighted by Crippen LogP contribution is 2.50. The molecule has 1 aliphatic heterocycles. The van der Waals surface area contributed by atoms with Crippen LogP contribution in [0.2, 0.25) is 0 Å². The highest BCUT2D eigenvalue weighted by Gasteiger charge is 2.48. The van der Waals surface area contributed by atoms with Crippen LogP contribution in [-0.4, -0.2) is 33.5 Å². The predicted molar refractivity (Wildman–Crippen MR) is 131 cm³/mol. The van der Waals surface area contributed by atoms with Gasteiger partial charge in [-0.2, -0.15) is 0 Å². The molecule has 35 heavy (non-hydrogen) atoms. The number of nitrogens with zero attached hydrogens (tertiary/aromatic N) is 2. The number of hydrogen-bond acceptors (Lipinski definition) is 5. The molecule has 176 valence electrons. The van der Waals surface area contributed by atoms with Crippen LogP contribution in [0.3, 0.4) is 0 Å². The van der Waals surface area contributed by atoms with Gasteiger partial charge < -0.3 is 20.4 Å². The molecule has 0 spiro atoms. The van der Waals surface area contributed by atoms with Gasteiger partial charge in [-0.25, -0.2) is 9.37 Å². The van der Waals surface area contributed by atoms with E-state index in [1.807, 2.05) is 24.3 Å². The van der Waals surface area contributed by atoms with Crippen LogP contribution in [-0.2, 0) is 0 Å². The summed E-state index contributed by atoms with van der Waals surface area (Å²) in [5.74, 6) is 1.000. The van der Waals surface area contributed by atoms with Crippen LogP contribution >= 0.6 is 0 Å². The normalized spacial score (nSPS) is 20.2. The number of halogens is 1. The number of pyridine rings is 2. The summed E-state index contributed by atoms with van der Waals surface area (Å²) >= 11 is 0. The molecular weight excluding hydrogens is 445 g/mol. The number of fused-ring (bicyclic) bond motifs is 4. The van der Waals surface area contributed by atoms with Crippen molar-refractivity contribution in [2.24, 2.45) is 5.92 Å². The van der Waals surface area contributed by atoms with E-state index in [0.717, 1.165) is 28.9 Å². The second-order valence-corrected chi connectivity index (χ2v) is 9.75. The first-order valence-electron chi connectivity index (χ1n) is 12.0. The molecule has 7 rings (SSSR count). The minimum absolute atomic E-state index is 0.127. The summed E-state index contributed by atoms with van der Waals surface area (Å²) in [5.41, 5.74) is 6.17. The Kier molecular flexibility index (Phi) is 4.40. The highest BCUT2D eigenvalue weighted by molar-refractivity contribution is 6.09. The van der Waals surface area contributed by atoms with Gasteiger partial charge in [0, 0.05) is 46.7 Å². The standard InChI is InChI=1S/C27H24FN5O2/c1-13-17(28)3-2-4-18(13)30-26-22-24(16-11-20(16)31-27(22)34)33-25(26)15-9-10-29-19-7-8-21(32-23(15)19)35-12-14-5-6-14/h2-4,7-10,14,16,20,30,33H,5-6,11-12H2,1H3,(H,31,34)/t16-,20+/m0/s1. The van der Waals surface area contributed by atoms with E-state index in [1.54, 1.807) is 19.2 Å². The molecule has 2 fully saturated rings. The average molecular weight is 470 g/mol. The van der Waals surface area contributed by atoms with Gasteiger partial charge >= 0.3 is 0 Å². The van der Waals surface area contributed by atoms with Crippen molar-refractivity contribution in [3.8, 4) is 17.1 Å². The van der Waals surface area contributed by atoms with Crippen molar-refractivity contribution < 1.29 is 13.9 Å². The van der Waals surface area contributed by atoms with E-state index in [-0.39, 0.29) is 23.7 Å². The second-order valence-electron chi connectivity index (χ2n) is 9.75. The fourth-order valence-electron chi connectivity index (χ4n) is 4.93. The SMILES string of the molecule is Cc1c(F)cccc1Nc1c(-c2ccnc3ccc(OCC4CC4)nc23)[nH]c2c1C(=O)N[C@@H]1C[C@H]21. The Morgan fingerprint density at radius 3 is 2.94 bits per heavy atom. The molecule has 2 atom stereocenters. The number of ether oxygens (including phenoxy) is 1. The number of carbonyl (C=O) groups is 1. The zero-order valence-electron chi connectivity index (χ0n) is 19.2. The van der Waals surface area contributed by atoms with Crippen LogP contribution in [0.4, 0.5) is 15.8 Å². The third-order valence-corrected chi connectivity index (χ3v) is 7.25. The van der Waals surface area contributed by atoms with Crippen LogP contribution in [0.5, 0.6) is 5.88 Å². The smallest absolute Gasteiger partial charge is 0.255 e. The summed E-state index contributed by atoms with van der Waals surface area (Å²) in [4.78, 5) is 25.9. The van der Waals surface area contributed by atoms with E-state index in [0.29, 0.717) is 46.4 Å². The average Bonchev–Trinajstić information content (AvgIpc) is 3.79. The molecule has 1 amide bonds. The van der Waals surface area contributed by atoms with E-state index in [1.165, 1.54) is 18.9 Å². The quantitative estimate of drug-likeness (QED) is 0.361. The van der Waals surface area contributed by atoms with Crippen LogP contribution in [0.25, 0.3) is 22.3 Å². The Morgan fingerprint density at radius 2 is 2.09 bits per heavy atom. The largest absolute Gasteiger partial charge is 0.477 e. The minimum atomic E-state index is -0.304. The Bertz CT molecular complexity index is 1510. The number of rotatable bonds is 6. The van der Waals surface area contributed by atoms with Gasteiger partial charge in [-0.3, -0.25) is 9.78 Å². The lowest BCUT2D eigenvalue weighted by Crippen LogP contribution is -2.31. The number of aromatic nitrogens is 3. The van der Waals surface area contributed by atoms with Gasteiger partial charge in [-0.05, 0) is 56.4 Å². The van der Waals surface area contributed by atoms with E-state index < -0.39 is 0 Å². The van der Waals surface area contributed by atoms with Crippen LogP contribution in [0.15, 0.2) is 42.6 Å². The van der Waals surface area contributed by atoms with Crippen molar-refractivity contribution in [1.29, 1.82) is 0 Å². The number of benzene rings is 1. The van der Waals surface area contributed by atoms with Crippen molar-refractivity contribution in [2.45, 2.75) is 38.1 Å². The lowest BCUT2D eigenvalue weighted by atomic mass is 10.0. The number of carbonyl (C=O) groups excluding carboxylic acids is 1. The summed E-state index contributed by atoms with van der Waals surface area (Å²) < 4.78 is 20.3. The monoisotopic (exact) mass is 469 g/mol. The van der Waals surface area contributed by atoms with Crippen LogP contribution < -0.4 is 15.4 Å². The molecule has 3 aliphatic rings. The summed E-state index contributed by atoms with van der Waals surface area (Å²) in [6, 6.07) is 10.7. The van der Waals surface area contributed by atoms with Gasteiger partial charge in [0.25, 0.3) is 5.91 Å². The molecule has 3 N–H and O–H groups in total. The Morgan fingerprint density at radius 1 is 1.20 bits per heavy atom. The Balaban J connectivity index is 1.40. The zero-order chi connectivity index (χ0) is 23.7. The fraction of sp³-hybridized carbons (Fsp3) is 0.296. The molecular formula is C27H24FN5O2. The lowest BCUT2D eigenvalue weighted by Gasteiger charge is -2.16. The van der Waals surface area contributed by atoms with Crippen molar-refractivity contribution in [3.05, 3.63) is 65.2 Å². The number of nitrogens with one attached hydrogen (secondary N) is 3. The minimum Gasteiger partial charge on any atom is -0.477 e. The van der Waals surface area contributed by atoms with Gasteiger partial charge in [-0.1, -0.05) is 6.07 Å². The molecule has 8 heteroatoms. The maximum Gasteiger partial charge on any atom is 0.255 e. The number of anilines is 2. The summed E-state index contributed by atoms with van der Waals surface area (Å²) in [6.45, 7) is 2.39. The number of H-pyrrole nitrogens is 1. The van der Waals surface area contributed by atoms with Gasteiger partial charge in [-0.15, -0.1) is 0 Å². The third-order valence-electron chi connectivity index (χ3n) is 7.25. The number of amides is 1. The van der Waals surface area contributed by atoms with Crippen LogP contribution in [0.1, 0.15) is 46.8 Å². The first-order valence-corrected chi connectivity index (χ1v) is 12.0. The zero-order valence-corrected chi connectivity index (χ0v) is 19.2. The molecule has 0 unspecified atom stereocenters. The van der Waals surface area contributed by atoms with E-state index >= 15 is 0 Å². The maximum atomic E-state index is 14.3. The van der Waals surface area contributed by atoms with Crippen molar-refractivity contribution >= 4 is 28.3 Å². The van der Waals surface area contributed by atoms with E-state index in [2.05, 4.69) is 20.6 Å². The molecule has 2 aliphatic carbocycles. The summed E-state index contributed by atoms with van der Waals surface area (Å²) in [6.07, 6.45) is 5.05. The molecule has 0 radical (unpaired) electrons. The predicted octanol–water partition coefficient (Wildman–Crippen LogP) is 5.20. The van der Waals surface area contributed by atoms with E-state index in [4.69, 9.17) is 9.72 Å². The molecule has 3 aromatic heterocycles. The second kappa shape index (κ2) is 7.53. The van der Waals surface area contributed by atoms with Crippen molar-refractivity contribution in [2.75, 3.05) is 11.9 Å². The molecule has 2 saturated carbocycles. The first kappa shape index (κ1) is 20.4. The van der Waals surface area contributed by atoms with Crippen LogP contribution in [0, 0.1) is 18.7 Å².